The Morgan fingerprint density at radius 2 is 1.80 bits per heavy atom. The van der Waals surface area contributed by atoms with Crippen LogP contribution in [-0.2, 0) is 19.9 Å². The molecule has 20 heavy (non-hydrogen) atoms. The van der Waals surface area contributed by atoms with Crippen LogP contribution in [0.1, 0.15) is 23.9 Å². The molecule has 1 aromatic carbocycles. The number of benzene rings is 1. The number of rotatable bonds is 4. The second-order valence-electron chi connectivity index (χ2n) is 5.45. The zero-order chi connectivity index (χ0) is 14.9. The Labute approximate surface area is 136 Å². The maximum Gasteiger partial charge on any atom is 0.0738 e. The van der Waals surface area contributed by atoms with Gasteiger partial charge in [-0.1, -0.05) is 28.1 Å². The van der Waals surface area contributed by atoms with Gasteiger partial charge in [0, 0.05) is 24.4 Å². The normalized spacial score (nSPS) is 14.3. The fourth-order valence-electron chi connectivity index (χ4n) is 2.34. The van der Waals surface area contributed by atoms with Crippen LogP contribution in [0.2, 0.25) is 0 Å². The maximum atomic E-state index is 10.7. The number of aryl methyl sites for hydroxylation is 2. The molecule has 0 saturated heterocycles. The van der Waals surface area contributed by atoms with E-state index in [0.29, 0.717) is 12.8 Å². The molecule has 0 bridgehead atoms. The van der Waals surface area contributed by atoms with Crippen molar-refractivity contribution in [2.24, 2.45) is 7.05 Å². The third kappa shape index (κ3) is 3.71. The van der Waals surface area contributed by atoms with Gasteiger partial charge >= 0.3 is 0 Å². The average Bonchev–Trinajstić information content (AvgIpc) is 2.58. The van der Waals surface area contributed by atoms with E-state index < -0.39 is 5.60 Å². The van der Waals surface area contributed by atoms with Crippen molar-refractivity contribution < 1.29 is 5.11 Å². The summed E-state index contributed by atoms with van der Waals surface area (Å²) in [6.45, 7) is 3.82. The molecule has 1 N–H and O–H groups in total. The zero-order valence-electron chi connectivity index (χ0n) is 11.8. The highest BCUT2D eigenvalue weighted by atomic mass is 79.9. The Hall–Kier alpha value is -0.650. The third-order valence-electron chi connectivity index (χ3n) is 3.31. The Bertz CT molecular complexity index is 603. The minimum Gasteiger partial charge on any atom is -0.389 e. The Kier molecular flexibility index (Phi) is 4.72. The largest absolute Gasteiger partial charge is 0.389 e. The van der Waals surface area contributed by atoms with Crippen molar-refractivity contribution in [3.05, 3.63) is 50.2 Å². The van der Waals surface area contributed by atoms with Crippen LogP contribution in [0.25, 0.3) is 0 Å². The van der Waals surface area contributed by atoms with Gasteiger partial charge in [0.2, 0.25) is 0 Å². The van der Waals surface area contributed by atoms with Crippen molar-refractivity contribution in [1.29, 1.82) is 0 Å². The molecule has 0 aliphatic rings. The lowest BCUT2D eigenvalue weighted by molar-refractivity contribution is 0.0587. The van der Waals surface area contributed by atoms with Crippen LogP contribution in [0, 0.1) is 6.92 Å². The zero-order valence-corrected chi connectivity index (χ0v) is 15.0. The highest BCUT2D eigenvalue weighted by Gasteiger charge is 2.25. The van der Waals surface area contributed by atoms with Gasteiger partial charge in [-0.15, -0.1) is 0 Å². The molecular formula is C15H18Br2N2O. The van der Waals surface area contributed by atoms with Crippen molar-refractivity contribution >= 4 is 31.9 Å². The number of aliphatic hydroxyl groups is 1. The number of hydrogen-bond acceptors (Lipinski definition) is 2. The first-order valence-corrected chi connectivity index (χ1v) is 8.02. The SMILES string of the molecule is Cc1nn(C)c(CC(C)(O)Cc2ccc(Br)cc2)c1Br. The standard InChI is InChI=1S/C15H18Br2N2O/c1-10-14(17)13(19(3)18-10)9-15(2,20)8-11-4-6-12(16)7-5-11/h4-7,20H,8-9H2,1-3H3. The van der Waals surface area contributed by atoms with E-state index in [-0.39, 0.29) is 0 Å². The van der Waals surface area contributed by atoms with Crippen LogP contribution in [0.3, 0.4) is 0 Å². The van der Waals surface area contributed by atoms with E-state index in [9.17, 15) is 5.11 Å². The van der Waals surface area contributed by atoms with Crippen LogP contribution in [-0.4, -0.2) is 20.5 Å². The maximum absolute atomic E-state index is 10.7. The molecule has 3 nitrogen and oxygen atoms in total. The molecule has 1 unspecified atom stereocenters. The first kappa shape index (κ1) is 15.7. The molecule has 0 aliphatic carbocycles. The molecule has 1 heterocycles. The van der Waals surface area contributed by atoms with Crippen molar-refractivity contribution in [3.8, 4) is 0 Å². The van der Waals surface area contributed by atoms with Crippen molar-refractivity contribution in [3.63, 3.8) is 0 Å². The summed E-state index contributed by atoms with van der Waals surface area (Å²) in [6, 6.07) is 8.05. The Morgan fingerprint density at radius 1 is 1.20 bits per heavy atom. The van der Waals surface area contributed by atoms with Gasteiger partial charge in [-0.2, -0.15) is 5.10 Å². The summed E-state index contributed by atoms with van der Waals surface area (Å²) >= 11 is 6.97. The van der Waals surface area contributed by atoms with E-state index >= 15 is 0 Å². The van der Waals surface area contributed by atoms with Crippen molar-refractivity contribution in [1.82, 2.24) is 9.78 Å². The number of halogens is 2. The summed E-state index contributed by atoms with van der Waals surface area (Å²) in [7, 11) is 1.91. The summed E-state index contributed by atoms with van der Waals surface area (Å²) in [6.07, 6.45) is 1.16. The predicted octanol–water partition coefficient (Wildman–Crippen LogP) is 3.79. The van der Waals surface area contributed by atoms with Crippen LogP contribution >= 0.6 is 31.9 Å². The molecular weight excluding hydrogens is 384 g/mol. The third-order valence-corrected chi connectivity index (χ3v) is 4.87. The summed E-state index contributed by atoms with van der Waals surface area (Å²) in [4.78, 5) is 0. The van der Waals surface area contributed by atoms with Crippen LogP contribution < -0.4 is 0 Å². The number of hydrogen-bond donors (Lipinski definition) is 1. The fraction of sp³-hybridized carbons (Fsp3) is 0.400. The molecule has 1 aromatic heterocycles. The summed E-state index contributed by atoms with van der Waals surface area (Å²) in [5, 5.41) is 15.0. The lowest BCUT2D eigenvalue weighted by Crippen LogP contribution is -2.31. The molecule has 0 aliphatic heterocycles. The number of nitrogens with zero attached hydrogens (tertiary/aromatic N) is 2. The summed E-state index contributed by atoms with van der Waals surface area (Å²) < 4.78 is 3.86. The minimum absolute atomic E-state index is 0.557. The lowest BCUT2D eigenvalue weighted by Gasteiger charge is -2.23. The molecule has 0 amide bonds. The Balaban J connectivity index is 2.16. The van der Waals surface area contributed by atoms with Gasteiger partial charge < -0.3 is 5.11 Å². The second kappa shape index (κ2) is 6.00. The van der Waals surface area contributed by atoms with Gasteiger partial charge in [0.05, 0.1) is 21.5 Å². The van der Waals surface area contributed by atoms with Gasteiger partial charge in [-0.25, -0.2) is 0 Å². The van der Waals surface area contributed by atoms with E-state index in [1.165, 1.54) is 0 Å². The van der Waals surface area contributed by atoms with E-state index in [4.69, 9.17) is 0 Å². The summed E-state index contributed by atoms with van der Waals surface area (Å²) in [5.74, 6) is 0. The number of aromatic nitrogens is 2. The van der Waals surface area contributed by atoms with E-state index in [1.807, 2.05) is 49.8 Å². The van der Waals surface area contributed by atoms with Gasteiger partial charge in [-0.05, 0) is 47.5 Å². The van der Waals surface area contributed by atoms with E-state index in [1.54, 1.807) is 0 Å². The van der Waals surface area contributed by atoms with E-state index in [2.05, 4.69) is 37.0 Å². The minimum atomic E-state index is -0.809. The summed E-state index contributed by atoms with van der Waals surface area (Å²) in [5.41, 5.74) is 2.27. The topological polar surface area (TPSA) is 38.0 Å². The Morgan fingerprint density at radius 3 is 2.30 bits per heavy atom. The highest BCUT2D eigenvalue weighted by molar-refractivity contribution is 9.10. The van der Waals surface area contributed by atoms with Crippen molar-refractivity contribution in [2.75, 3.05) is 0 Å². The molecule has 108 valence electrons. The highest BCUT2D eigenvalue weighted by Crippen LogP contribution is 2.26. The van der Waals surface area contributed by atoms with Gasteiger partial charge in [-0.3, -0.25) is 4.68 Å². The lowest BCUT2D eigenvalue weighted by atomic mass is 9.92. The van der Waals surface area contributed by atoms with Crippen LogP contribution in [0.5, 0.6) is 0 Å². The molecule has 0 fully saturated rings. The molecule has 2 aromatic rings. The molecule has 0 radical (unpaired) electrons. The molecule has 0 saturated carbocycles. The molecule has 1 atom stereocenters. The smallest absolute Gasteiger partial charge is 0.0738 e. The first-order valence-electron chi connectivity index (χ1n) is 6.43. The first-order chi connectivity index (χ1) is 9.28. The molecule has 2 rings (SSSR count). The molecule has 5 heteroatoms. The van der Waals surface area contributed by atoms with Crippen LogP contribution in [0.15, 0.2) is 33.2 Å². The predicted molar refractivity (Wildman–Crippen MR) is 87.8 cm³/mol. The van der Waals surface area contributed by atoms with Gasteiger partial charge in [0.1, 0.15) is 0 Å². The average molecular weight is 402 g/mol. The van der Waals surface area contributed by atoms with Crippen molar-refractivity contribution in [2.45, 2.75) is 32.3 Å². The van der Waals surface area contributed by atoms with Gasteiger partial charge in [0.25, 0.3) is 0 Å². The van der Waals surface area contributed by atoms with Gasteiger partial charge in [0.15, 0.2) is 0 Å². The molecule has 0 spiro atoms. The van der Waals surface area contributed by atoms with Crippen LogP contribution in [0.4, 0.5) is 0 Å². The fourth-order valence-corrected chi connectivity index (χ4v) is 3.08. The second-order valence-corrected chi connectivity index (χ2v) is 7.16. The monoisotopic (exact) mass is 400 g/mol. The quantitative estimate of drug-likeness (QED) is 0.846. The van der Waals surface area contributed by atoms with E-state index in [0.717, 1.165) is 25.9 Å².